The largest absolute Gasteiger partial charge is 0.377 e. The number of piperazine rings is 1. The van der Waals surface area contributed by atoms with Crippen LogP contribution in [-0.4, -0.2) is 48.8 Å². The maximum Gasteiger partial charge on any atom is 0.0702 e. The molecule has 2 aliphatic heterocycles. The van der Waals surface area contributed by atoms with Crippen LogP contribution in [0.5, 0.6) is 0 Å². The molecule has 0 aromatic carbocycles. The number of nitrogens with zero attached hydrogens (tertiary/aromatic N) is 1. The van der Waals surface area contributed by atoms with E-state index in [-0.39, 0.29) is 5.54 Å². The quantitative estimate of drug-likeness (QED) is 0.833. The van der Waals surface area contributed by atoms with Crippen LogP contribution in [-0.2, 0) is 4.74 Å². The number of rotatable bonds is 4. The molecule has 2 rings (SSSR count). The summed E-state index contributed by atoms with van der Waals surface area (Å²) in [7, 11) is 0. The summed E-state index contributed by atoms with van der Waals surface area (Å²) < 4.78 is 5.82. The average Bonchev–Trinajstić information content (AvgIpc) is 2.74. The molecule has 0 aromatic heterocycles. The molecular weight excluding hydrogens is 224 g/mol. The van der Waals surface area contributed by atoms with E-state index in [1.807, 2.05) is 0 Å². The summed E-state index contributed by atoms with van der Waals surface area (Å²) in [4.78, 5) is 2.67. The van der Waals surface area contributed by atoms with Crippen LogP contribution in [0.3, 0.4) is 0 Å². The Bertz CT molecular complexity index is 259. The normalized spacial score (nSPS) is 33.2. The van der Waals surface area contributed by atoms with Crippen LogP contribution in [0.2, 0.25) is 0 Å². The standard InChI is InChI=1S/C15H30N2O/c1-12(2)8-13-9-16-15(3,4)11-17(13)10-14-6-5-7-18-14/h12-14,16H,5-11H2,1-4H3. The lowest BCUT2D eigenvalue weighted by atomic mass is 9.93. The molecule has 0 radical (unpaired) electrons. The average molecular weight is 254 g/mol. The first-order chi connectivity index (χ1) is 8.46. The van der Waals surface area contributed by atoms with Crippen molar-refractivity contribution in [3.05, 3.63) is 0 Å². The Balaban J connectivity index is 1.94. The fourth-order valence-corrected chi connectivity index (χ4v) is 3.26. The van der Waals surface area contributed by atoms with E-state index >= 15 is 0 Å². The van der Waals surface area contributed by atoms with Crippen molar-refractivity contribution in [2.75, 3.05) is 26.2 Å². The highest BCUT2D eigenvalue weighted by molar-refractivity contribution is 4.93. The third-order valence-electron chi connectivity index (χ3n) is 4.14. The van der Waals surface area contributed by atoms with E-state index in [2.05, 4.69) is 37.9 Å². The van der Waals surface area contributed by atoms with Gasteiger partial charge in [0.2, 0.25) is 0 Å². The first kappa shape index (κ1) is 14.3. The molecule has 0 saturated carbocycles. The molecule has 2 heterocycles. The molecule has 0 aliphatic carbocycles. The van der Waals surface area contributed by atoms with E-state index < -0.39 is 0 Å². The van der Waals surface area contributed by atoms with E-state index in [1.165, 1.54) is 19.3 Å². The summed E-state index contributed by atoms with van der Waals surface area (Å²) in [6.45, 7) is 13.6. The lowest BCUT2D eigenvalue weighted by Crippen LogP contribution is -2.62. The second kappa shape index (κ2) is 5.89. The monoisotopic (exact) mass is 254 g/mol. The molecule has 1 N–H and O–H groups in total. The molecular formula is C15H30N2O. The summed E-state index contributed by atoms with van der Waals surface area (Å²) in [6, 6.07) is 0.683. The highest BCUT2D eigenvalue weighted by Gasteiger charge is 2.34. The van der Waals surface area contributed by atoms with E-state index in [0.29, 0.717) is 12.1 Å². The molecule has 3 nitrogen and oxygen atoms in total. The molecule has 2 fully saturated rings. The Hall–Kier alpha value is -0.120. The van der Waals surface area contributed by atoms with Crippen LogP contribution in [0.1, 0.15) is 47.0 Å². The van der Waals surface area contributed by atoms with Gasteiger partial charge in [0.25, 0.3) is 0 Å². The zero-order valence-corrected chi connectivity index (χ0v) is 12.5. The second-order valence-corrected chi connectivity index (χ2v) is 7.11. The van der Waals surface area contributed by atoms with E-state index in [0.717, 1.165) is 32.2 Å². The minimum atomic E-state index is 0.242. The maximum atomic E-state index is 5.82. The van der Waals surface area contributed by atoms with Crippen LogP contribution in [0, 0.1) is 5.92 Å². The first-order valence-corrected chi connectivity index (χ1v) is 7.57. The van der Waals surface area contributed by atoms with Gasteiger partial charge in [0.1, 0.15) is 0 Å². The minimum absolute atomic E-state index is 0.242. The molecule has 106 valence electrons. The van der Waals surface area contributed by atoms with Crippen LogP contribution in [0.25, 0.3) is 0 Å². The van der Waals surface area contributed by atoms with Gasteiger partial charge in [-0.2, -0.15) is 0 Å². The maximum absolute atomic E-state index is 5.82. The second-order valence-electron chi connectivity index (χ2n) is 7.11. The minimum Gasteiger partial charge on any atom is -0.377 e. The topological polar surface area (TPSA) is 24.5 Å². The van der Waals surface area contributed by atoms with E-state index in [4.69, 9.17) is 4.74 Å². The summed E-state index contributed by atoms with van der Waals surface area (Å²) in [5, 5.41) is 3.69. The van der Waals surface area contributed by atoms with Crippen LogP contribution < -0.4 is 5.32 Å². The lowest BCUT2D eigenvalue weighted by molar-refractivity contribution is 0.0209. The van der Waals surface area contributed by atoms with Gasteiger partial charge in [-0.15, -0.1) is 0 Å². The Morgan fingerprint density at radius 1 is 1.39 bits per heavy atom. The van der Waals surface area contributed by atoms with Gasteiger partial charge in [-0.05, 0) is 39.0 Å². The fourth-order valence-electron chi connectivity index (χ4n) is 3.26. The molecule has 0 spiro atoms. The number of nitrogens with one attached hydrogen (secondary N) is 1. The molecule has 2 atom stereocenters. The van der Waals surface area contributed by atoms with Gasteiger partial charge in [-0.1, -0.05) is 13.8 Å². The van der Waals surface area contributed by atoms with Crippen LogP contribution >= 0.6 is 0 Å². The van der Waals surface area contributed by atoms with E-state index in [1.54, 1.807) is 0 Å². The molecule has 2 unspecified atom stereocenters. The molecule has 0 amide bonds. The lowest BCUT2D eigenvalue weighted by Gasteiger charge is -2.46. The van der Waals surface area contributed by atoms with Crippen LogP contribution in [0.15, 0.2) is 0 Å². The van der Waals surface area contributed by atoms with Gasteiger partial charge in [-0.3, -0.25) is 4.90 Å². The van der Waals surface area contributed by atoms with Gasteiger partial charge in [0, 0.05) is 37.8 Å². The highest BCUT2D eigenvalue weighted by atomic mass is 16.5. The van der Waals surface area contributed by atoms with Crippen molar-refractivity contribution in [2.24, 2.45) is 5.92 Å². The Kier molecular flexibility index (Phi) is 4.68. The van der Waals surface area contributed by atoms with Crippen molar-refractivity contribution in [3.8, 4) is 0 Å². The third-order valence-corrected chi connectivity index (χ3v) is 4.14. The van der Waals surface area contributed by atoms with Gasteiger partial charge < -0.3 is 10.1 Å². The Morgan fingerprint density at radius 3 is 2.78 bits per heavy atom. The van der Waals surface area contributed by atoms with Gasteiger partial charge in [-0.25, -0.2) is 0 Å². The van der Waals surface area contributed by atoms with Crippen molar-refractivity contribution < 1.29 is 4.74 Å². The van der Waals surface area contributed by atoms with Crippen LogP contribution in [0.4, 0.5) is 0 Å². The zero-order valence-electron chi connectivity index (χ0n) is 12.5. The molecule has 0 aromatic rings. The SMILES string of the molecule is CC(C)CC1CNC(C)(C)CN1CC1CCCO1. The van der Waals surface area contributed by atoms with E-state index in [9.17, 15) is 0 Å². The van der Waals surface area contributed by atoms with Crippen molar-refractivity contribution >= 4 is 0 Å². The molecule has 3 heteroatoms. The number of hydrogen-bond donors (Lipinski definition) is 1. The van der Waals surface area contributed by atoms with Gasteiger partial charge >= 0.3 is 0 Å². The van der Waals surface area contributed by atoms with Gasteiger partial charge in [0.05, 0.1) is 6.10 Å². The predicted molar refractivity (Wildman–Crippen MR) is 75.9 cm³/mol. The smallest absolute Gasteiger partial charge is 0.0702 e. The van der Waals surface area contributed by atoms with Crippen molar-refractivity contribution in [1.82, 2.24) is 10.2 Å². The van der Waals surface area contributed by atoms with Crippen molar-refractivity contribution in [2.45, 2.75) is 64.6 Å². The summed E-state index contributed by atoms with van der Waals surface area (Å²) in [5.41, 5.74) is 0.242. The summed E-state index contributed by atoms with van der Waals surface area (Å²) >= 11 is 0. The highest BCUT2D eigenvalue weighted by Crippen LogP contribution is 2.23. The summed E-state index contributed by atoms with van der Waals surface area (Å²) in [5.74, 6) is 0.769. The molecule has 2 saturated heterocycles. The van der Waals surface area contributed by atoms with Gasteiger partial charge in [0.15, 0.2) is 0 Å². The Morgan fingerprint density at radius 2 is 2.17 bits per heavy atom. The Labute approximate surface area is 112 Å². The first-order valence-electron chi connectivity index (χ1n) is 7.57. The molecule has 0 bridgehead atoms. The zero-order chi connectivity index (χ0) is 13.2. The molecule has 18 heavy (non-hydrogen) atoms. The van der Waals surface area contributed by atoms with Crippen molar-refractivity contribution in [3.63, 3.8) is 0 Å². The number of hydrogen-bond acceptors (Lipinski definition) is 3. The fraction of sp³-hybridized carbons (Fsp3) is 1.00. The van der Waals surface area contributed by atoms with Crippen molar-refractivity contribution in [1.29, 1.82) is 0 Å². The molecule has 2 aliphatic rings. The predicted octanol–water partition coefficient (Wildman–Crippen LogP) is 2.26. The summed E-state index contributed by atoms with van der Waals surface area (Å²) in [6.07, 6.45) is 4.26. The number of ether oxygens (including phenoxy) is 1. The third kappa shape index (κ3) is 3.94.